The van der Waals surface area contributed by atoms with Gasteiger partial charge >= 0.3 is 0 Å². The molecule has 0 saturated carbocycles. The van der Waals surface area contributed by atoms with Gasteiger partial charge in [0.2, 0.25) is 0 Å². The fourth-order valence-electron chi connectivity index (χ4n) is 2.62. The van der Waals surface area contributed by atoms with Crippen molar-refractivity contribution in [3.8, 4) is 0 Å². The SMILES string of the molecule is CC[C@H](c1c(F)ccc(C)c1F)N1CCNCC1. The molecule has 1 heterocycles. The van der Waals surface area contributed by atoms with Crippen molar-refractivity contribution in [1.82, 2.24) is 10.2 Å². The maximum absolute atomic E-state index is 14.2. The Morgan fingerprint density at radius 2 is 1.94 bits per heavy atom. The number of benzene rings is 1. The van der Waals surface area contributed by atoms with E-state index in [0.717, 1.165) is 32.6 Å². The van der Waals surface area contributed by atoms with Crippen LogP contribution in [0.1, 0.15) is 30.5 Å². The average molecular weight is 254 g/mol. The van der Waals surface area contributed by atoms with Gasteiger partial charge in [0.1, 0.15) is 11.6 Å². The molecule has 1 N–H and O–H groups in total. The molecule has 100 valence electrons. The fourth-order valence-corrected chi connectivity index (χ4v) is 2.62. The zero-order valence-electron chi connectivity index (χ0n) is 11.0. The summed E-state index contributed by atoms with van der Waals surface area (Å²) in [6.45, 7) is 7.10. The second-order valence-electron chi connectivity index (χ2n) is 4.80. The minimum absolute atomic E-state index is 0.160. The van der Waals surface area contributed by atoms with Crippen LogP contribution in [-0.2, 0) is 0 Å². The highest BCUT2D eigenvalue weighted by atomic mass is 19.1. The van der Waals surface area contributed by atoms with Crippen LogP contribution in [-0.4, -0.2) is 31.1 Å². The Bertz CT molecular complexity index is 415. The van der Waals surface area contributed by atoms with Gasteiger partial charge in [-0.1, -0.05) is 13.0 Å². The number of nitrogens with one attached hydrogen (secondary N) is 1. The minimum atomic E-state index is -0.427. The molecule has 1 aliphatic heterocycles. The van der Waals surface area contributed by atoms with Gasteiger partial charge in [-0.25, -0.2) is 8.78 Å². The molecule has 1 saturated heterocycles. The Kier molecular flexibility index (Phi) is 4.30. The first kappa shape index (κ1) is 13.4. The summed E-state index contributed by atoms with van der Waals surface area (Å²) in [5, 5.41) is 3.26. The van der Waals surface area contributed by atoms with Crippen molar-refractivity contribution < 1.29 is 8.78 Å². The van der Waals surface area contributed by atoms with Crippen LogP contribution in [0.25, 0.3) is 0 Å². The number of halogens is 2. The molecule has 18 heavy (non-hydrogen) atoms. The quantitative estimate of drug-likeness (QED) is 0.892. The average Bonchev–Trinajstić information content (AvgIpc) is 2.40. The first-order valence-corrected chi connectivity index (χ1v) is 6.54. The van der Waals surface area contributed by atoms with Crippen LogP contribution >= 0.6 is 0 Å². The van der Waals surface area contributed by atoms with Gasteiger partial charge in [0.15, 0.2) is 0 Å². The van der Waals surface area contributed by atoms with Crippen molar-refractivity contribution in [2.45, 2.75) is 26.3 Å². The second-order valence-corrected chi connectivity index (χ2v) is 4.80. The number of rotatable bonds is 3. The molecular formula is C14H20F2N2. The van der Waals surface area contributed by atoms with E-state index in [0.29, 0.717) is 5.56 Å². The molecule has 1 aliphatic rings. The lowest BCUT2D eigenvalue weighted by molar-refractivity contribution is 0.162. The summed E-state index contributed by atoms with van der Waals surface area (Å²) in [5.41, 5.74) is 0.749. The van der Waals surface area contributed by atoms with E-state index in [1.165, 1.54) is 12.1 Å². The predicted octanol–water partition coefficient (Wildman–Crippen LogP) is 2.63. The zero-order chi connectivity index (χ0) is 13.1. The van der Waals surface area contributed by atoms with E-state index >= 15 is 0 Å². The molecule has 2 nitrogen and oxygen atoms in total. The van der Waals surface area contributed by atoms with E-state index in [9.17, 15) is 8.78 Å². The normalized spacial score (nSPS) is 18.9. The monoisotopic (exact) mass is 254 g/mol. The van der Waals surface area contributed by atoms with E-state index in [1.54, 1.807) is 6.92 Å². The molecule has 1 aromatic rings. The third-order valence-corrected chi connectivity index (χ3v) is 3.63. The van der Waals surface area contributed by atoms with Gasteiger partial charge in [-0.2, -0.15) is 0 Å². The maximum atomic E-state index is 14.2. The lowest BCUT2D eigenvalue weighted by Gasteiger charge is -2.35. The number of nitrogens with zero attached hydrogens (tertiary/aromatic N) is 1. The highest BCUT2D eigenvalue weighted by Gasteiger charge is 2.26. The summed E-state index contributed by atoms with van der Waals surface area (Å²) in [6.07, 6.45) is 0.720. The number of hydrogen-bond acceptors (Lipinski definition) is 2. The van der Waals surface area contributed by atoms with E-state index < -0.39 is 5.82 Å². The van der Waals surface area contributed by atoms with Crippen LogP contribution in [0.3, 0.4) is 0 Å². The molecule has 0 radical (unpaired) electrons. The standard InChI is InChI=1S/C14H20F2N2/c1-3-12(18-8-6-17-7-9-18)13-11(15)5-4-10(2)14(13)16/h4-5,12,17H,3,6-9H2,1-2H3/t12-/m1/s1. The van der Waals surface area contributed by atoms with Crippen LogP contribution in [0.2, 0.25) is 0 Å². The molecule has 0 amide bonds. The Hall–Kier alpha value is -1.00. The predicted molar refractivity (Wildman–Crippen MR) is 68.6 cm³/mol. The molecular weight excluding hydrogens is 234 g/mol. The van der Waals surface area contributed by atoms with Crippen molar-refractivity contribution >= 4 is 0 Å². The van der Waals surface area contributed by atoms with Gasteiger partial charge in [-0.15, -0.1) is 0 Å². The Labute approximate surface area is 107 Å². The summed E-state index contributed by atoms with van der Waals surface area (Å²) in [5.74, 6) is -0.816. The highest BCUT2D eigenvalue weighted by Crippen LogP contribution is 2.30. The first-order valence-electron chi connectivity index (χ1n) is 6.54. The second kappa shape index (κ2) is 5.76. The van der Waals surface area contributed by atoms with Gasteiger partial charge in [0.25, 0.3) is 0 Å². The van der Waals surface area contributed by atoms with Crippen molar-refractivity contribution in [2.75, 3.05) is 26.2 Å². The van der Waals surface area contributed by atoms with Gasteiger partial charge in [0.05, 0.1) is 0 Å². The Balaban J connectivity index is 2.34. The summed E-state index contributed by atoms with van der Waals surface area (Å²) < 4.78 is 28.1. The van der Waals surface area contributed by atoms with E-state index in [1.807, 2.05) is 6.92 Å². The summed E-state index contributed by atoms with van der Waals surface area (Å²) in [4.78, 5) is 2.16. The van der Waals surface area contributed by atoms with E-state index in [-0.39, 0.29) is 17.4 Å². The van der Waals surface area contributed by atoms with E-state index in [2.05, 4.69) is 10.2 Å². The number of aryl methyl sites for hydroxylation is 1. The van der Waals surface area contributed by atoms with Crippen LogP contribution < -0.4 is 5.32 Å². The highest BCUT2D eigenvalue weighted by molar-refractivity contribution is 5.29. The fraction of sp³-hybridized carbons (Fsp3) is 0.571. The molecule has 0 aromatic heterocycles. The zero-order valence-corrected chi connectivity index (χ0v) is 11.0. The molecule has 1 fully saturated rings. The van der Waals surface area contributed by atoms with Gasteiger partial charge < -0.3 is 5.32 Å². The molecule has 4 heteroatoms. The first-order chi connectivity index (χ1) is 8.65. The van der Waals surface area contributed by atoms with Crippen LogP contribution in [0.4, 0.5) is 8.78 Å². The van der Waals surface area contributed by atoms with Gasteiger partial charge in [0, 0.05) is 37.8 Å². The molecule has 0 unspecified atom stereocenters. The van der Waals surface area contributed by atoms with Crippen LogP contribution in [0, 0.1) is 18.6 Å². The summed E-state index contributed by atoms with van der Waals surface area (Å²) >= 11 is 0. The molecule has 0 aliphatic carbocycles. The van der Waals surface area contributed by atoms with E-state index in [4.69, 9.17) is 0 Å². The van der Waals surface area contributed by atoms with Crippen molar-refractivity contribution in [2.24, 2.45) is 0 Å². The van der Waals surface area contributed by atoms with Gasteiger partial charge in [-0.3, -0.25) is 4.90 Å². The minimum Gasteiger partial charge on any atom is -0.314 e. The topological polar surface area (TPSA) is 15.3 Å². The Morgan fingerprint density at radius 3 is 2.56 bits per heavy atom. The molecule has 2 rings (SSSR count). The summed E-state index contributed by atoms with van der Waals surface area (Å²) in [7, 11) is 0. The molecule has 1 aromatic carbocycles. The summed E-state index contributed by atoms with van der Waals surface area (Å²) in [6, 6.07) is 2.71. The smallest absolute Gasteiger partial charge is 0.133 e. The maximum Gasteiger partial charge on any atom is 0.133 e. The third-order valence-electron chi connectivity index (χ3n) is 3.63. The Morgan fingerprint density at radius 1 is 1.28 bits per heavy atom. The van der Waals surface area contributed by atoms with Crippen LogP contribution in [0.5, 0.6) is 0 Å². The largest absolute Gasteiger partial charge is 0.314 e. The van der Waals surface area contributed by atoms with Crippen molar-refractivity contribution in [3.05, 3.63) is 34.9 Å². The molecule has 0 bridgehead atoms. The molecule has 1 atom stereocenters. The third kappa shape index (κ3) is 2.54. The van der Waals surface area contributed by atoms with Crippen LogP contribution in [0.15, 0.2) is 12.1 Å². The van der Waals surface area contributed by atoms with Gasteiger partial charge in [-0.05, 0) is 25.0 Å². The van der Waals surface area contributed by atoms with Crippen molar-refractivity contribution in [1.29, 1.82) is 0 Å². The molecule has 0 spiro atoms. The number of piperazine rings is 1. The van der Waals surface area contributed by atoms with Crippen molar-refractivity contribution in [3.63, 3.8) is 0 Å². The lowest BCUT2D eigenvalue weighted by Crippen LogP contribution is -2.45. The lowest BCUT2D eigenvalue weighted by atomic mass is 9.98. The number of hydrogen-bond donors (Lipinski definition) is 1.